The van der Waals surface area contributed by atoms with Crippen molar-refractivity contribution in [2.45, 2.75) is 130 Å². The number of aliphatic hydroxyl groups is 2. The van der Waals surface area contributed by atoms with Gasteiger partial charge in [0.05, 0.1) is 53.6 Å². The summed E-state index contributed by atoms with van der Waals surface area (Å²) in [5.74, 6) is -3.43. The fourth-order valence-corrected chi connectivity index (χ4v) is 10.0. The maximum Gasteiger partial charge on any atom is 0.521 e. The van der Waals surface area contributed by atoms with Crippen LogP contribution >= 0.6 is 8.25 Å². The molecule has 0 saturated carbocycles. The number of phenolic OH excluding ortho intramolecular Hbond substituents is 2. The molecule has 0 radical (unpaired) electrons. The van der Waals surface area contributed by atoms with Crippen LogP contribution in [0.2, 0.25) is 0 Å². The van der Waals surface area contributed by atoms with Crippen LogP contribution in [0.25, 0.3) is 0 Å². The fourth-order valence-electron chi connectivity index (χ4n) is 10.0. The summed E-state index contributed by atoms with van der Waals surface area (Å²) in [4.78, 5) is 85.0. The number of allylic oxidation sites excluding steroid dienone is 6. The number of aliphatic hydroxyl groups excluding tert-OH is 2. The number of methoxy groups -OCH3 is 4. The first-order valence-corrected chi connectivity index (χ1v) is 29.5. The van der Waals surface area contributed by atoms with Gasteiger partial charge in [0.2, 0.25) is 11.6 Å². The molecule has 26 nitrogen and oxygen atoms in total. The third-order valence-electron chi connectivity index (χ3n) is 14.6. The molecular weight excluding hydrogens is 1180 g/mol. The lowest BCUT2D eigenvalue weighted by atomic mass is 9.85. The van der Waals surface area contributed by atoms with Crippen molar-refractivity contribution in [3.8, 4) is 11.5 Å². The van der Waals surface area contributed by atoms with Crippen molar-refractivity contribution in [1.29, 1.82) is 0 Å². The average Bonchev–Trinajstić information content (AvgIpc) is 1.06. The molecule has 0 fully saturated rings. The number of anilines is 1. The lowest BCUT2D eigenvalue weighted by Crippen LogP contribution is -2.78. The van der Waals surface area contributed by atoms with Crippen LogP contribution in [0.1, 0.15) is 81.6 Å². The van der Waals surface area contributed by atoms with E-state index in [1.54, 1.807) is 88.5 Å². The Balaban J connectivity index is 0.000000827. The molecular formula is C62H91N6O20P. The summed E-state index contributed by atoms with van der Waals surface area (Å²) in [7, 11) is 2.84. The van der Waals surface area contributed by atoms with Crippen molar-refractivity contribution in [2.24, 2.45) is 35.1 Å². The number of ether oxygens (including phenoxy) is 6. The number of amides is 4. The lowest BCUT2D eigenvalue weighted by Gasteiger charge is -2.30. The van der Waals surface area contributed by atoms with E-state index >= 15 is 0 Å². The molecule has 1 aliphatic carbocycles. The molecule has 4 bridgehead atoms. The van der Waals surface area contributed by atoms with E-state index in [1.165, 1.54) is 46.7 Å². The molecule has 14 N–H and O–H groups in total. The number of fused-ring (bicyclic) bond motifs is 4. The minimum Gasteiger partial charge on any atom is -1.00 e. The van der Waals surface area contributed by atoms with Crippen LogP contribution in [-0.2, 0) is 63.3 Å². The van der Waals surface area contributed by atoms with Crippen LogP contribution in [0.4, 0.5) is 21.0 Å². The second-order valence-electron chi connectivity index (χ2n) is 21.6. The topological polar surface area (TPSA) is 413 Å². The van der Waals surface area contributed by atoms with Crippen LogP contribution in [0.5, 0.6) is 11.5 Å². The Labute approximate surface area is 522 Å². The summed E-state index contributed by atoms with van der Waals surface area (Å²) in [6.45, 7) is 22.2. The number of benzene rings is 1. The molecule has 13 atom stereocenters. The van der Waals surface area contributed by atoms with Gasteiger partial charge in [-0.15, -0.1) is 6.58 Å². The summed E-state index contributed by atoms with van der Waals surface area (Å²) in [5, 5.41) is 61.6. The number of rotatable bonds is 13. The van der Waals surface area contributed by atoms with Crippen LogP contribution in [0, 0.1) is 23.7 Å². The van der Waals surface area contributed by atoms with E-state index in [9.17, 15) is 49.2 Å². The minimum atomic E-state index is -3.04. The summed E-state index contributed by atoms with van der Waals surface area (Å²) in [6.07, 6.45) is 10.1. The average molecular weight is 1270 g/mol. The third kappa shape index (κ3) is 24.5. The van der Waals surface area contributed by atoms with Crippen LogP contribution in [0.3, 0.4) is 0 Å². The van der Waals surface area contributed by atoms with Gasteiger partial charge in [-0.3, -0.25) is 19.2 Å². The number of phenols is 2. The van der Waals surface area contributed by atoms with Gasteiger partial charge in [0.15, 0.2) is 23.6 Å². The normalized spacial score (nSPS) is 29.4. The van der Waals surface area contributed by atoms with Gasteiger partial charge in [0.1, 0.15) is 18.0 Å². The van der Waals surface area contributed by atoms with E-state index in [-0.39, 0.29) is 66.0 Å². The third-order valence-corrected chi connectivity index (χ3v) is 14.8. The van der Waals surface area contributed by atoms with Crippen molar-refractivity contribution < 1.29 is 104 Å². The van der Waals surface area contributed by atoms with Gasteiger partial charge >= 0.3 is 20.4 Å². The number of carbonyl (C=O) groups excluding carboxylic acids is 6. The van der Waals surface area contributed by atoms with Crippen LogP contribution in [-0.4, -0.2) is 152 Å². The quantitative estimate of drug-likeness (QED) is 0.0179. The highest BCUT2D eigenvalue weighted by Crippen LogP contribution is 2.41. The largest absolute Gasteiger partial charge is 1.00 e. The molecule has 89 heavy (non-hydrogen) atoms. The van der Waals surface area contributed by atoms with Gasteiger partial charge in [0.25, 0.3) is 11.8 Å². The molecule has 0 aromatic heterocycles. The molecule has 2 aliphatic heterocycles. The van der Waals surface area contributed by atoms with Gasteiger partial charge in [-0.2, -0.15) is 0 Å². The second kappa shape index (κ2) is 38.8. The number of nitrogens with one attached hydrogen (secondary N) is 3. The van der Waals surface area contributed by atoms with Crippen molar-refractivity contribution in [2.75, 3.05) is 46.8 Å². The first kappa shape index (κ1) is 77.6. The number of ketones is 2. The molecule has 2 heterocycles. The Kier molecular flexibility index (Phi) is 33.9. The first-order valence-electron chi connectivity index (χ1n) is 28.4. The highest BCUT2D eigenvalue weighted by atomic mass is 31.1. The molecule has 494 valence electrons. The zero-order valence-corrected chi connectivity index (χ0v) is 53.4. The number of carbonyl (C=O) groups is 6. The van der Waals surface area contributed by atoms with Gasteiger partial charge in [-0.05, 0) is 87.0 Å². The second-order valence-corrected chi connectivity index (χ2v) is 22.3. The summed E-state index contributed by atoms with van der Waals surface area (Å²) >= 11 is 0. The zero-order valence-electron chi connectivity index (χ0n) is 53.6. The van der Waals surface area contributed by atoms with Gasteiger partial charge in [0, 0.05) is 80.4 Å². The van der Waals surface area contributed by atoms with Crippen molar-refractivity contribution >= 4 is 55.2 Å². The molecule has 3 aliphatic rings. The van der Waals surface area contributed by atoms with E-state index < -0.39 is 104 Å². The number of quaternary nitrogens is 1. The monoisotopic (exact) mass is 1270 g/mol. The van der Waals surface area contributed by atoms with E-state index in [0.29, 0.717) is 53.8 Å². The molecule has 0 spiro atoms. The molecule has 0 saturated heterocycles. The van der Waals surface area contributed by atoms with E-state index in [4.69, 9.17) is 54.6 Å². The maximum atomic E-state index is 13.5. The van der Waals surface area contributed by atoms with Gasteiger partial charge in [-0.1, -0.05) is 89.0 Å². The lowest BCUT2D eigenvalue weighted by molar-refractivity contribution is -0.562. The van der Waals surface area contributed by atoms with E-state index in [2.05, 4.69) is 33.8 Å². The van der Waals surface area contributed by atoms with E-state index in [1.807, 2.05) is 20.8 Å². The summed E-state index contributed by atoms with van der Waals surface area (Å²) in [5.41, 5.74) is 13.6. The minimum absolute atomic E-state index is 0. The maximum absolute atomic E-state index is 13.5. The first-order chi connectivity index (χ1) is 41.9. The molecule has 4 rings (SSSR count). The number of nitrogens with two attached hydrogens (primary N) is 3. The Morgan fingerprint density at radius 2 is 1.24 bits per heavy atom. The Hall–Kier alpha value is -7.46. The Morgan fingerprint density at radius 1 is 0.775 bits per heavy atom. The van der Waals surface area contributed by atoms with Crippen LogP contribution < -0.4 is 37.6 Å². The van der Waals surface area contributed by atoms with Gasteiger partial charge in [-0.25, -0.2) is 14.8 Å². The number of aromatic hydroxyl groups is 2. The summed E-state index contributed by atoms with van der Waals surface area (Å²) < 4.78 is 44.8. The van der Waals surface area contributed by atoms with Crippen molar-refractivity contribution in [3.05, 3.63) is 131 Å². The SMILES string of the molecule is C=CCNC1=C2C[C@@H](C)C[C@H](OC)[C@H](O)[C@@H](C)/C=C(\C)[C@H](OC(N)=O)[C@@H](OC)/C=C\C=C(/C)C(=O)NC(=CC1=O)C2=O.C=CC[NH2+]c1c(O)cc2c(O)c1C[C@@H](C)C[C@H](OC)[C@H](O)[C@@H](C)/C=C(\C)[C@H](OC(N)=O)[C@@H](OC)/C=C\C=C(/C)C(=O)N2.O=[P+]([O-])OO.[H-]. The van der Waals surface area contributed by atoms with Crippen molar-refractivity contribution in [3.63, 3.8) is 0 Å². The number of Topliss-reactive ketones (excluding diaryl/α,β-unsaturated/α-hetero) is 1. The van der Waals surface area contributed by atoms with Gasteiger partial charge < -0.3 is 87.9 Å². The number of primary amides is 2. The Morgan fingerprint density at radius 3 is 1.65 bits per heavy atom. The smallest absolute Gasteiger partial charge is 0.521 e. The fraction of sp³-hybridized carbons (Fsp3) is 0.484. The molecule has 1 aromatic carbocycles. The Bertz CT molecular complexity index is 2940. The van der Waals surface area contributed by atoms with E-state index in [0.717, 1.165) is 6.08 Å². The summed E-state index contributed by atoms with van der Waals surface area (Å²) in [6, 6.07) is 1.31. The highest BCUT2D eigenvalue weighted by molar-refractivity contribution is 7.30. The van der Waals surface area contributed by atoms with Crippen molar-refractivity contribution in [1.82, 2.24) is 10.6 Å². The number of hydrogen-bond donors (Lipinski definition) is 11. The number of hydrogen-bond acceptors (Lipinski definition) is 21. The molecule has 27 heteroatoms. The standard InChI is InChI=1S/C31H45N3O8.C31H43N3O8.HO4P.H/c2*1-8-12-33-26-21-13-17(2)14-25(41-7)27(36)19(4)15-20(5)29(42-31(32)39)24(40-6)11-9-10-18(3)30(38)34-22(28(21)37)16-23(26)35;1-4-5(2)3;/h8-11,15-17,19,24-25,27,29,33,35-37H,1,12-14H2,2-7H3,(H2,32,39)(H,34,38);8-11,15-17,19,24-25,27,29,33,36H,1,12-14H2,2-7H3,(H2,32,39)(H,34,38);1H;/q;;;-1/p+1/b2*11-9-,18-10+,20-15+;;/t2*17-,19+,24+,25+,27-,29+;;/m11../s1. The van der Waals surface area contributed by atoms with Crippen LogP contribution in [0.15, 0.2) is 125 Å². The molecule has 4 amide bonds. The zero-order chi connectivity index (χ0) is 67.4. The molecule has 1 unspecified atom stereocenters. The highest BCUT2D eigenvalue weighted by Gasteiger charge is 2.35. The molecule has 1 aromatic rings. The predicted molar refractivity (Wildman–Crippen MR) is 331 cm³/mol. The predicted octanol–water partition coefficient (Wildman–Crippen LogP) is 5.08.